The van der Waals surface area contributed by atoms with Crippen LogP contribution in [0.5, 0.6) is 0 Å². The third kappa shape index (κ3) is 2.67. The second-order valence-corrected chi connectivity index (χ2v) is 3.13. The average Bonchev–Trinajstić information content (AvgIpc) is 2.89. The van der Waals surface area contributed by atoms with Gasteiger partial charge in [-0.2, -0.15) is 20.1 Å². The van der Waals surface area contributed by atoms with Crippen LogP contribution in [0.3, 0.4) is 0 Å². The van der Waals surface area contributed by atoms with Crippen LogP contribution in [0.1, 0.15) is 0 Å². The first-order valence-corrected chi connectivity index (χ1v) is 5.12. The molecule has 0 aliphatic carbocycles. The second-order valence-electron chi connectivity index (χ2n) is 3.13. The number of hydrogen-bond acceptors (Lipinski definition) is 7. The molecule has 17 heavy (non-hydrogen) atoms. The normalized spacial score (nSPS) is 10.2. The topological polar surface area (TPSA) is 101 Å². The maximum atomic E-state index is 8.74. The van der Waals surface area contributed by atoms with Crippen LogP contribution >= 0.6 is 0 Å². The fraction of sp³-hybridized carbons (Fsp3) is 0.333. The molecule has 0 aliphatic rings. The number of aliphatic hydroxyl groups is 1. The molecule has 0 saturated heterocycles. The minimum atomic E-state index is 0.0116. The predicted octanol–water partition coefficient (Wildman–Crippen LogP) is -0.497. The minimum Gasteiger partial charge on any atom is -0.395 e. The van der Waals surface area contributed by atoms with E-state index in [9.17, 15) is 0 Å². The quantitative estimate of drug-likeness (QED) is 0.642. The Bertz CT molecular complexity index is 470. The second kappa shape index (κ2) is 5.21. The molecule has 0 saturated carbocycles. The third-order valence-electron chi connectivity index (χ3n) is 1.95. The highest BCUT2D eigenvalue weighted by Crippen LogP contribution is 2.07. The van der Waals surface area contributed by atoms with Crippen LogP contribution in [0.4, 0.5) is 11.9 Å². The molecule has 8 heteroatoms. The van der Waals surface area contributed by atoms with Crippen LogP contribution in [0, 0.1) is 0 Å². The van der Waals surface area contributed by atoms with Gasteiger partial charge in [0.15, 0.2) is 0 Å². The number of hydrogen-bond donors (Lipinski definition) is 3. The highest BCUT2D eigenvalue weighted by Gasteiger charge is 2.06. The molecule has 8 nitrogen and oxygen atoms in total. The van der Waals surface area contributed by atoms with E-state index in [4.69, 9.17) is 5.11 Å². The monoisotopic (exact) mass is 235 g/mol. The molecule has 90 valence electrons. The first kappa shape index (κ1) is 11.3. The van der Waals surface area contributed by atoms with Crippen molar-refractivity contribution in [3.8, 4) is 5.95 Å². The van der Waals surface area contributed by atoms with Gasteiger partial charge in [-0.05, 0) is 6.07 Å². The lowest BCUT2D eigenvalue weighted by molar-refractivity contribution is 0.311. The summed E-state index contributed by atoms with van der Waals surface area (Å²) >= 11 is 0. The van der Waals surface area contributed by atoms with Crippen molar-refractivity contribution in [3.63, 3.8) is 0 Å². The van der Waals surface area contributed by atoms with Crippen LogP contribution in [0.2, 0.25) is 0 Å². The van der Waals surface area contributed by atoms with Crippen molar-refractivity contribution in [2.75, 3.05) is 30.8 Å². The van der Waals surface area contributed by atoms with Crippen molar-refractivity contribution < 1.29 is 5.11 Å². The molecular weight excluding hydrogens is 222 g/mol. The average molecular weight is 235 g/mol. The number of aliphatic hydroxyl groups excluding tert-OH is 1. The first-order valence-electron chi connectivity index (χ1n) is 5.12. The van der Waals surface area contributed by atoms with E-state index in [0.717, 1.165) is 0 Å². The van der Waals surface area contributed by atoms with Gasteiger partial charge in [0, 0.05) is 26.0 Å². The fourth-order valence-corrected chi connectivity index (χ4v) is 1.21. The summed E-state index contributed by atoms with van der Waals surface area (Å²) < 4.78 is 1.53. The molecule has 3 N–H and O–H groups in total. The van der Waals surface area contributed by atoms with Crippen LogP contribution in [0.15, 0.2) is 18.5 Å². The lowest BCUT2D eigenvalue weighted by Gasteiger charge is -2.07. The van der Waals surface area contributed by atoms with E-state index in [1.807, 2.05) is 0 Å². The Balaban J connectivity index is 2.32. The van der Waals surface area contributed by atoms with Crippen molar-refractivity contribution in [1.82, 2.24) is 24.7 Å². The van der Waals surface area contributed by atoms with Gasteiger partial charge in [-0.15, -0.1) is 0 Å². The van der Waals surface area contributed by atoms with Gasteiger partial charge in [-0.25, -0.2) is 4.68 Å². The molecule has 2 aromatic heterocycles. The Labute approximate surface area is 97.7 Å². The minimum absolute atomic E-state index is 0.0116. The molecule has 2 aromatic rings. The third-order valence-corrected chi connectivity index (χ3v) is 1.95. The molecule has 0 spiro atoms. The van der Waals surface area contributed by atoms with Crippen molar-refractivity contribution in [1.29, 1.82) is 0 Å². The van der Waals surface area contributed by atoms with Crippen LogP contribution in [-0.2, 0) is 0 Å². The summed E-state index contributed by atoms with van der Waals surface area (Å²) in [5, 5.41) is 18.5. The van der Waals surface area contributed by atoms with Gasteiger partial charge in [-0.3, -0.25) is 0 Å². The Morgan fingerprint density at radius 3 is 2.76 bits per heavy atom. The molecule has 0 unspecified atom stereocenters. The van der Waals surface area contributed by atoms with E-state index in [1.54, 1.807) is 25.5 Å². The number of nitrogens with zero attached hydrogens (tertiary/aromatic N) is 5. The van der Waals surface area contributed by atoms with E-state index in [1.165, 1.54) is 4.68 Å². The first-order chi connectivity index (χ1) is 8.33. The number of rotatable bonds is 5. The molecule has 0 aliphatic heterocycles. The van der Waals surface area contributed by atoms with Gasteiger partial charge >= 0.3 is 0 Å². The summed E-state index contributed by atoms with van der Waals surface area (Å²) in [5.74, 6) is 1.24. The molecule has 2 heterocycles. The molecular formula is C9H13N7O. The molecule has 0 radical (unpaired) electrons. The van der Waals surface area contributed by atoms with E-state index >= 15 is 0 Å². The molecule has 0 amide bonds. The van der Waals surface area contributed by atoms with Gasteiger partial charge in [0.25, 0.3) is 5.95 Å². The Morgan fingerprint density at radius 2 is 2.12 bits per heavy atom. The lowest BCUT2D eigenvalue weighted by atomic mass is 10.7. The SMILES string of the molecule is CNc1nc(NCCO)nc(-n2cccn2)n1. The smallest absolute Gasteiger partial charge is 0.257 e. The van der Waals surface area contributed by atoms with Gasteiger partial charge in [0.2, 0.25) is 11.9 Å². The van der Waals surface area contributed by atoms with E-state index in [2.05, 4.69) is 30.7 Å². The summed E-state index contributed by atoms with van der Waals surface area (Å²) in [5.41, 5.74) is 0. The molecule has 2 rings (SSSR count). The highest BCUT2D eigenvalue weighted by atomic mass is 16.3. The van der Waals surface area contributed by atoms with Crippen LogP contribution in [0.25, 0.3) is 5.95 Å². The molecule has 0 fully saturated rings. The maximum Gasteiger partial charge on any atom is 0.257 e. The summed E-state index contributed by atoms with van der Waals surface area (Å²) in [6.45, 7) is 0.392. The van der Waals surface area contributed by atoms with E-state index in [0.29, 0.717) is 24.4 Å². The zero-order valence-electron chi connectivity index (χ0n) is 9.33. The van der Waals surface area contributed by atoms with Gasteiger partial charge in [0.1, 0.15) is 0 Å². The Hall–Kier alpha value is -2.22. The standard InChI is InChI=1S/C9H13N7O/c1-10-7-13-8(11-4-6-17)15-9(14-7)16-5-2-3-12-16/h2-3,5,17H,4,6H2,1H3,(H2,10,11,13,14,15). The Kier molecular flexibility index (Phi) is 3.46. The molecule has 0 atom stereocenters. The van der Waals surface area contributed by atoms with Crippen molar-refractivity contribution >= 4 is 11.9 Å². The maximum absolute atomic E-state index is 8.74. The number of nitrogens with one attached hydrogen (secondary N) is 2. The summed E-state index contributed by atoms with van der Waals surface area (Å²) in [7, 11) is 1.72. The zero-order valence-corrected chi connectivity index (χ0v) is 9.33. The van der Waals surface area contributed by atoms with Gasteiger partial charge in [0.05, 0.1) is 6.61 Å². The van der Waals surface area contributed by atoms with Crippen molar-refractivity contribution in [2.24, 2.45) is 0 Å². The largest absolute Gasteiger partial charge is 0.395 e. The van der Waals surface area contributed by atoms with E-state index in [-0.39, 0.29) is 6.61 Å². The Morgan fingerprint density at radius 1 is 1.29 bits per heavy atom. The molecule has 0 aromatic carbocycles. The zero-order chi connectivity index (χ0) is 12.1. The molecule has 0 bridgehead atoms. The fourth-order valence-electron chi connectivity index (χ4n) is 1.21. The predicted molar refractivity (Wildman–Crippen MR) is 62.1 cm³/mol. The summed E-state index contributed by atoms with van der Waals surface area (Å²) in [4.78, 5) is 12.4. The van der Waals surface area contributed by atoms with Crippen molar-refractivity contribution in [3.05, 3.63) is 18.5 Å². The summed E-state index contributed by atoms with van der Waals surface area (Å²) in [6, 6.07) is 1.78. The number of aromatic nitrogens is 5. The van der Waals surface area contributed by atoms with E-state index < -0.39 is 0 Å². The summed E-state index contributed by atoms with van der Waals surface area (Å²) in [6.07, 6.45) is 3.38. The lowest BCUT2D eigenvalue weighted by Crippen LogP contribution is -2.13. The van der Waals surface area contributed by atoms with Crippen molar-refractivity contribution in [2.45, 2.75) is 0 Å². The number of anilines is 2. The van der Waals surface area contributed by atoms with Gasteiger partial charge in [-0.1, -0.05) is 0 Å². The van der Waals surface area contributed by atoms with Gasteiger partial charge < -0.3 is 15.7 Å². The van der Waals surface area contributed by atoms with Crippen LogP contribution in [-0.4, -0.2) is 50.0 Å². The van der Waals surface area contributed by atoms with Crippen LogP contribution < -0.4 is 10.6 Å². The highest BCUT2D eigenvalue weighted by molar-refractivity contribution is 5.37.